The number of H-pyrrole nitrogens is 1. The fourth-order valence-corrected chi connectivity index (χ4v) is 2.12. The van der Waals surface area contributed by atoms with Gasteiger partial charge in [0.2, 0.25) is 0 Å². The van der Waals surface area contributed by atoms with Crippen LogP contribution in [0.4, 0.5) is 0 Å². The number of alkyl halides is 1. The van der Waals surface area contributed by atoms with Gasteiger partial charge in [0.05, 0.1) is 31.0 Å². The predicted octanol–water partition coefficient (Wildman–Crippen LogP) is 0.646. The number of rotatable bonds is 2. The summed E-state index contributed by atoms with van der Waals surface area (Å²) in [6, 6.07) is 0.112. The molecule has 1 fully saturated rings. The molecule has 6 heteroatoms. The molecule has 1 atom stereocenters. The molecule has 1 amide bonds. The monoisotopic (exact) mass is 273 g/mol. The second kappa shape index (κ2) is 4.76. The number of aromatic nitrogens is 2. The van der Waals surface area contributed by atoms with E-state index in [-0.39, 0.29) is 11.9 Å². The number of carbonyl (C=O) groups excluding carboxylic acids is 1. The minimum Gasteiger partial charge on any atom is -0.377 e. The van der Waals surface area contributed by atoms with Crippen LogP contribution in [0.1, 0.15) is 10.4 Å². The van der Waals surface area contributed by atoms with Crippen molar-refractivity contribution in [2.75, 3.05) is 25.1 Å². The van der Waals surface area contributed by atoms with Gasteiger partial charge in [-0.05, 0) is 0 Å². The molecule has 1 aromatic rings. The van der Waals surface area contributed by atoms with E-state index in [9.17, 15) is 4.79 Å². The SMILES string of the molecule is O=C(c1cn[nH]c1)N1CCOCC1CBr. The van der Waals surface area contributed by atoms with Crippen molar-refractivity contribution in [3.8, 4) is 0 Å². The average molecular weight is 274 g/mol. The Kier molecular flexibility index (Phi) is 3.37. The second-order valence-electron chi connectivity index (χ2n) is 3.37. The number of hydrogen-bond acceptors (Lipinski definition) is 3. The van der Waals surface area contributed by atoms with Crippen molar-refractivity contribution >= 4 is 21.8 Å². The average Bonchev–Trinajstić information content (AvgIpc) is 2.81. The molecule has 2 rings (SSSR count). The van der Waals surface area contributed by atoms with E-state index in [0.717, 1.165) is 5.33 Å². The number of carbonyl (C=O) groups is 1. The van der Waals surface area contributed by atoms with Crippen molar-refractivity contribution in [1.29, 1.82) is 0 Å². The molecule has 0 aromatic carbocycles. The molecule has 0 saturated carbocycles. The van der Waals surface area contributed by atoms with Crippen LogP contribution in [-0.4, -0.2) is 52.1 Å². The number of morpholine rings is 1. The first-order valence-corrected chi connectivity index (χ1v) is 5.88. The van der Waals surface area contributed by atoms with Crippen LogP contribution in [0.2, 0.25) is 0 Å². The van der Waals surface area contributed by atoms with Gasteiger partial charge in [-0.3, -0.25) is 9.89 Å². The smallest absolute Gasteiger partial charge is 0.257 e. The molecule has 1 aliphatic rings. The second-order valence-corrected chi connectivity index (χ2v) is 4.02. The summed E-state index contributed by atoms with van der Waals surface area (Å²) in [6.45, 7) is 1.84. The van der Waals surface area contributed by atoms with Gasteiger partial charge < -0.3 is 9.64 Å². The third kappa shape index (κ3) is 2.21. The number of nitrogens with zero attached hydrogens (tertiary/aromatic N) is 2. The van der Waals surface area contributed by atoms with Gasteiger partial charge in [0.1, 0.15) is 0 Å². The summed E-state index contributed by atoms with van der Waals surface area (Å²) in [7, 11) is 0. The van der Waals surface area contributed by atoms with Crippen LogP contribution in [0.5, 0.6) is 0 Å². The minimum absolute atomic E-state index is 0.0106. The molecule has 1 unspecified atom stereocenters. The summed E-state index contributed by atoms with van der Waals surface area (Å²) in [5, 5.41) is 7.15. The van der Waals surface area contributed by atoms with Crippen molar-refractivity contribution in [1.82, 2.24) is 15.1 Å². The Morgan fingerprint density at radius 1 is 1.80 bits per heavy atom. The highest BCUT2D eigenvalue weighted by Crippen LogP contribution is 2.13. The van der Waals surface area contributed by atoms with E-state index in [1.165, 1.54) is 0 Å². The largest absolute Gasteiger partial charge is 0.377 e. The molecule has 0 bridgehead atoms. The van der Waals surface area contributed by atoms with Crippen molar-refractivity contribution in [3.05, 3.63) is 18.0 Å². The van der Waals surface area contributed by atoms with E-state index in [1.807, 2.05) is 4.90 Å². The Bertz CT molecular complexity index is 328. The predicted molar refractivity (Wildman–Crippen MR) is 58.0 cm³/mol. The molecule has 2 heterocycles. The Morgan fingerprint density at radius 3 is 3.33 bits per heavy atom. The summed E-state index contributed by atoms with van der Waals surface area (Å²) in [4.78, 5) is 13.8. The number of halogens is 1. The third-order valence-electron chi connectivity index (χ3n) is 2.41. The number of hydrogen-bond donors (Lipinski definition) is 1. The van der Waals surface area contributed by atoms with Crippen LogP contribution in [-0.2, 0) is 4.74 Å². The lowest BCUT2D eigenvalue weighted by atomic mass is 10.2. The zero-order chi connectivity index (χ0) is 10.7. The van der Waals surface area contributed by atoms with Crippen LogP contribution >= 0.6 is 15.9 Å². The maximum Gasteiger partial charge on any atom is 0.257 e. The van der Waals surface area contributed by atoms with Crippen molar-refractivity contribution in [2.24, 2.45) is 0 Å². The highest BCUT2D eigenvalue weighted by Gasteiger charge is 2.27. The van der Waals surface area contributed by atoms with Crippen LogP contribution in [0.3, 0.4) is 0 Å². The Labute approximate surface area is 95.9 Å². The molecule has 0 aliphatic carbocycles. The number of aromatic amines is 1. The van der Waals surface area contributed by atoms with Crippen molar-refractivity contribution < 1.29 is 9.53 Å². The molecule has 5 nitrogen and oxygen atoms in total. The molecule has 1 N–H and O–H groups in total. The lowest BCUT2D eigenvalue weighted by Gasteiger charge is -2.34. The quantitative estimate of drug-likeness (QED) is 0.805. The van der Waals surface area contributed by atoms with Crippen LogP contribution in [0.15, 0.2) is 12.4 Å². The van der Waals surface area contributed by atoms with Gasteiger partial charge in [-0.15, -0.1) is 0 Å². The Morgan fingerprint density at radius 2 is 2.67 bits per heavy atom. The highest BCUT2D eigenvalue weighted by molar-refractivity contribution is 9.09. The van der Waals surface area contributed by atoms with Crippen molar-refractivity contribution in [3.63, 3.8) is 0 Å². The lowest BCUT2D eigenvalue weighted by Crippen LogP contribution is -2.49. The van der Waals surface area contributed by atoms with E-state index < -0.39 is 0 Å². The van der Waals surface area contributed by atoms with Gasteiger partial charge in [0.15, 0.2) is 0 Å². The van der Waals surface area contributed by atoms with Gasteiger partial charge in [0, 0.05) is 18.1 Å². The van der Waals surface area contributed by atoms with E-state index >= 15 is 0 Å². The summed E-state index contributed by atoms with van der Waals surface area (Å²) in [5.41, 5.74) is 0.600. The molecule has 82 valence electrons. The zero-order valence-electron chi connectivity index (χ0n) is 8.15. The number of amides is 1. The Balaban J connectivity index is 2.11. The first-order valence-electron chi connectivity index (χ1n) is 4.76. The maximum atomic E-state index is 12.0. The maximum absolute atomic E-state index is 12.0. The molecule has 0 radical (unpaired) electrons. The van der Waals surface area contributed by atoms with Gasteiger partial charge >= 0.3 is 0 Å². The topological polar surface area (TPSA) is 58.2 Å². The molecule has 0 spiro atoms. The van der Waals surface area contributed by atoms with Gasteiger partial charge in [-0.1, -0.05) is 15.9 Å². The standard InChI is InChI=1S/C9H12BrN3O2/c10-3-8-6-15-2-1-13(8)9(14)7-4-11-12-5-7/h4-5,8H,1-3,6H2,(H,11,12). The molecule has 1 aliphatic heterocycles. The molecule has 15 heavy (non-hydrogen) atoms. The highest BCUT2D eigenvalue weighted by atomic mass is 79.9. The summed E-state index contributed by atoms with van der Waals surface area (Å²) < 4.78 is 5.32. The normalized spacial score (nSPS) is 21.7. The minimum atomic E-state index is 0.0106. The van der Waals surface area contributed by atoms with Gasteiger partial charge in [-0.2, -0.15) is 5.10 Å². The molecule has 1 aromatic heterocycles. The summed E-state index contributed by atoms with van der Waals surface area (Å²) in [6.07, 6.45) is 3.16. The van der Waals surface area contributed by atoms with Crippen LogP contribution < -0.4 is 0 Å². The van der Waals surface area contributed by atoms with Crippen LogP contribution in [0.25, 0.3) is 0 Å². The van der Waals surface area contributed by atoms with E-state index in [4.69, 9.17) is 4.74 Å². The van der Waals surface area contributed by atoms with Gasteiger partial charge in [0.25, 0.3) is 5.91 Å². The first-order chi connectivity index (χ1) is 7.33. The zero-order valence-corrected chi connectivity index (χ0v) is 9.74. The number of ether oxygens (including phenoxy) is 1. The first kappa shape index (κ1) is 10.6. The third-order valence-corrected chi connectivity index (χ3v) is 3.16. The fraction of sp³-hybridized carbons (Fsp3) is 0.556. The Hall–Kier alpha value is -0.880. The summed E-state index contributed by atoms with van der Waals surface area (Å²) >= 11 is 3.39. The summed E-state index contributed by atoms with van der Waals surface area (Å²) in [5.74, 6) is 0.0106. The lowest BCUT2D eigenvalue weighted by molar-refractivity contribution is 0.00525. The van der Waals surface area contributed by atoms with E-state index in [2.05, 4.69) is 26.1 Å². The molecular weight excluding hydrogens is 262 g/mol. The van der Waals surface area contributed by atoms with E-state index in [0.29, 0.717) is 25.3 Å². The van der Waals surface area contributed by atoms with Crippen molar-refractivity contribution in [2.45, 2.75) is 6.04 Å². The fourth-order valence-electron chi connectivity index (χ4n) is 1.58. The van der Waals surface area contributed by atoms with Crippen LogP contribution in [0, 0.1) is 0 Å². The molecule has 1 saturated heterocycles. The number of nitrogens with one attached hydrogen (secondary N) is 1. The molecular formula is C9H12BrN3O2. The van der Waals surface area contributed by atoms with E-state index in [1.54, 1.807) is 12.4 Å². The van der Waals surface area contributed by atoms with Gasteiger partial charge in [-0.25, -0.2) is 0 Å².